The van der Waals surface area contributed by atoms with Crippen LogP contribution in [-0.2, 0) is 15.3 Å². The smallest absolute Gasteiger partial charge is 0.307 e. The number of hydrogen-bond acceptors (Lipinski definition) is 3. The number of ether oxygens (including phenoxy) is 1. The minimum absolute atomic E-state index is 0.0309. The maximum absolute atomic E-state index is 11.7. The van der Waals surface area contributed by atoms with E-state index in [1.54, 1.807) is 0 Å². The summed E-state index contributed by atoms with van der Waals surface area (Å²) >= 11 is 1.85. The molecule has 2 nitrogen and oxygen atoms in total. The van der Waals surface area contributed by atoms with Crippen LogP contribution in [0.4, 0.5) is 0 Å². The summed E-state index contributed by atoms with van der Waals surface area (Å²) in [7, 11) is 0. The Morgan fingerprint density at radius 2 is 1.95 bits per heavy atom. The molecule has 1 aromatic rings. The van der Waals surface area contributed by atoms with Gasteiger partial charge in [0.15, 0.2) is 0 Å². The van der Waals surface area contributed by atoms with Gasteiger partial charge in [0.1, 0.15) is 0 Å². The number of carbonyl (C=O) groups excluding carboxylic acids is 1. The predicted octanol–water partition coefficient (Wildman–Crippen LogP) is 4.43. The highest BCUT2D eigenvalue weighted by Crippen LogP contribution is 2.36. The topological polar surface area (TPSA) is 26.3 Å². The van der Waals surface area contributed by atoms with Crippen molar-refractivity contribution in [2.24, 2.45) is 0 Å². The van der Waals surface area contributed by atoms with Crippen molar-refractivity contribution in [2.45, 2.75) is 50.5 Å². The van der Waals surface area contributed by atoms with Crippen molar-refractivity contribution < 1.29 is 9.53 Å². The molecule has 106 valence electrons. The van der Waals surface area contributed by atoms with Gasteiger partial charge in [0.05, 0.1) is 13.0 Å². The minimum Gasteiger partial charge on any atom is -0.466 e. The van der Waals surface area contributed by atoms with Gasteiger partial charge in [-0.05, 0) is 25.8 Å². The van der Waals surface area contributed by atoms with Gasteiger partial charge in [-0.3, -0.25) is 4.79 Å². The Morgan fingerprint density at radius 1 is 1.26 bits per heavy atom. The van der Waals surface area contributed by atoms with Crippen LogP contribution in [0.1, 0.15) is 45.6 Å². The number of thioether (sulfide) groups is 1. The summed E-state index contributed by atoms with van der Waals surface area (Å²) in [6, 6.07) is 10.4. The summed E-state index contributed by atoms with van der Waals surface area (Å²) < 4.78 is 5.05. The molecule has 1 unspecified atom stereocenters. The normalized spacial score (nSPS) is 13.8. The largest absolute Gasteiger partial charge is 0.466 e. The summed E-state index contributed by atoms with van der Waals surface area (Å²) in [5, 5.41) is 0. The minimum atomic E-state index is -0.0842. The molecule has 1 rings (SSSR count). The first-order chi connectivity index (χ1) is 9.09. The van der Waals surface area contributed by atoms with Crippen LogP contribution >= 0.6 is 11.8 Å². The molecule has 3 heteroatoms. The zero-order valence-corrected chi connectivity index (χ0v) is 13.0. The van der Waals surface area contributed by atoms with Gasteiger partial charge in [-0.15, -0.1) is 0 Å². The van der Waals surface area contributed by atoms with Crippen LogP contribution in [-0.4, -0.2) is 17.3 Å². The van der Waals surface area contributed by atoms with Crippen LogP contribution in [0.15, 0.2) is 30.3 Å². The summed E-state index contributed by atoms with van der Waals surface area (Å²) in [5.41, 5.74) is 1.30. The van der Waals surface area contributed by atoms with Crippen LogP contribution in [0, 0.1) is 0 Å². The van der Waals surface area contributed by atoms with Crippen LogP contribution in [0.3, 0.4) is 0 Å². The van der Waals surface area contributed by atoms with E-state index in [4.69, 9.17) is 4.74 Å². The number of hydrogen-bond donors (Lipinski definition) is 0. The molecule has 1 aromatic carbocycles. The molecule has 0 heterocycles. The van der Waals surface area contributed by atoms with E-state index < -0.39 is 0 Å². The van der Waals surface area contributed by atoms with Crippen molar-refractivity contribution in [1.29, 1.82) is 0 Å². The van der Waals surface area contributed by atoms with Crippen molar-refractivity contribution in [3.8, 4) is 0 Å². The Hall–Kier alpha value is -0.960. The maximum atomic E-state index is 11.7. The van der Waals surface area contributed by atoms with Gasteiger partial charge in [0, 0.05) is 10.5 Å². The first kappa shape index (κ1) is 16.1. The molecule has 0 saturated carbocycles. The molecule has 0 spiro atoms. The van der Waals surface area contributed by atoms with Gasteiger partial charge in [-0.1, -0.05) is 43.7 Å². The summed E-state index contributed by atoms with van der Waals surface area (Å²) in [6.45, 7) is 6.64. The molecule has 0 aliphatic heterocycles. The molecule has 0 saturated heterocycles. The lowest BCUT2D eigenvalue weighted by Gasteiger charge is -2.27. The Kier molecular flexibility index (Phi) is 7.00. The van der Waals surface area contributed by atoms with Crippen LogP contribution in [0.5, 0.6) is 0 Å². The van der Waals surface area contributed by atoms with Gasteiger partial charge in [-0.25, -0.2) is 0 Å². The van der Waals surface area contributed by atoms with E-state index in [-0.39, 0.29) is 10.7 Å². The lowest BCUT2D eigenvalue weighted by atomic mass is 10.0. The number of esters is 1. The predicted molar refractivity (Wildman–Crippen MR) is 82.3 cm³/mol. The molecule has 19 heavy (non-hydrogen) atoms. The van der Waals surface area contributed by atoms with Crippen LogP contribution < -0.4 is 0 Å². The SMILES string of the molecule is CCCC(C)(CC(=O)OCC)SCc1ccccc1. The van der Waals surface area contributed by atoms with E-state index in [1.165, 1.54) is 5.56 Å². The zero-order chi connectivity index (χ0) is 14.1. The van der Waals surface area contributed by atoms with Crippen molar-refractivity contribution in [2.75, 3.05) is 6.61 Å². The van der Waals surface area contributed by atoms with Crippen molar-refractivity contribution in [1.82, 2.24) is 0 Å². The van der Waals surface area contributed by atoms with E-state index in [9.17, 15) is 4.79 Å². The van der Waals surface area contributed by atoms with Crippen molar-refractivity contribution in [3.63, 3.8) is 0 Å². The van der Waals surface area contributed by atoms with E-state index in [1.807, 2.05) is 24.8 Å². The van der Waals surface area contributed by atoms with Gasteiger partial charge in [0.25, 0.3) is 0 Å². The first-order valence-electron chi connectivity index (χ1n) is 6.93. The molecule has 0 aromatic heterocycles. The lowest BCUT2D eigenvalue weighted by molar-refractivity contribution is -0.143. The van der Waals surface area contributed by atoms with E-state index in [0.717, 1.165) is 18.6 Å². The molecule has 0 radical (unpaired) electrons. The maximum Gasteiger partial charge on any atom is 0.307 e. The molecule has 0 N–H and O–H groups in total. The average molecular weight is 280 g/mol. The second-order valence-corrected chi connectivity index (χ2v) is 6.52. The zero-order valence-electron chi connectivity index (χ0n) is 12.1. The molecular weight excluding hydrogens is 256 g/mol. The fourth-order valence-electron chi connectivity index (χ4n) is 2.09. The number of carbonyl (C=O) groups is 1. The van der Waals surface area contributed by atoms with E-state index in [0.29, 0.717) is 13.0 Å². The Balaban J connectivity index is 2.57. The highest BCUT2D eigenvalue weighted by atomic mass is 32.2. The Bertz CT molecular complexity index is 378. The summed E-state index contributed by atoms with van der Waals surface area (Å²) in [4.78, 5) is 11.7. The molecule has 0 fully saturated rings. The molecule has 0 aliphatic rings. The fourth-order valence-corrected chi connectivity index (χ4v) is 3.37. The Labute approximate surface area is 120 Å². The summed E-state index contributed by atoms with van der Waals surface area (Å²) in [5.74, 6) is 0.857. The third-order valence-corrected chi connectivity index (χ3v) is 4.56. The second-order valence-electron chi connectivity index (χ2n) is 4.96. The Morgan fingerprint density at radius 3 is 2.53 bits per heavy atom. The van der Waals surface area contributed by atoms with Gasteiger partial charge in [0.2, 0.25) is 0 Å². The van der Waals surface area contributed by atoms with Crippen LogP contribution in [0.2, 0.25) is 0 Å². The first-order valence-corrected chi connectivity index (χ1v) is 7.91. The van der Waals surface area contributed by atoms with Gasteiger partial charge in [-0.2, -0.15) is 11.8 Å². The number of benzene rings is 1. The molecule has 0 bridgehead atoms. The van der Waals surface area contributed by atoms with Crippen molar-refractivity contribution in [3.05, 3.63) is 35.9 Å². The van der Waals surface area contributed by atoms with E-state index in [2.05, 4.69) is 38.1 Å². The third-order valence-electron chi connectivity index (χ3n) is 3.03. The highest BCUT2D eigenvalue weighted by molar-refractivity contribution is 7.99. The fraction of sp³-hybridized carbons (Fsp3) is 0.562. The standard InChI is InChI=1S/C16H24O2S/c1-4-11-16(3,12-15(17)18-5-2)19-13-14-9-7-6-8-10-14/h6-10H,4-5,11-13H2,1-3H3. The number of rotatable bonds is 8. The van der Waals surface area contributed by atoms with E-state index >= 15 is 0 Å². The average Bonchev–Trinajstić information content (AvgIpc) is 2.38. The summed E-state index contributed by atoms with van der Waals surface area (Å²) in [6.07, 6.45) is 2.60. The highest BCUT2D eigenvalue weighted by Gasteiger charge is 2.28. The van der Waals surface area contributed by atoms with Crippen LogP contribution in [0.25, 0.3) is 0 Å². The monoisotopic (exact) mass is 280 g/mol. The lowest BCUT2D eigenvalue weighted by Crippen LogP contribution is -2.25. The second kappa shape index (κ2) is 8.26. The molecule has 0 aliphatic carbocycles. The van der Waals surface area contributed by atoms with Gasteiger partial charge >= 0.3 is 5.97 Å². The quantitative estimate of drug-likeness (QED) is 0.659. The molecular formula is C16H24O2S. The van der Waals surface area contributed by atoms with Crippen molar-refractivity contribution >= 4 is 17.7 Å². The van der Waals surface area contributed by atoms with Gasteiger partial charge < -0.3 is 4.74 Å². The molecule has 0 amide bonds. The molecule has 1 atom stereocenters. The third kappa shape index (κ3) is 6.15.